The first-order chi connectivity index (χ1) is 7.83. The number of hydrogen-bond acceptors (Lipinski definition) is 4. The second kappa shape index (κ2) is 5.56. The number of nitrogens with two attached hydrogens (primary N) is 1. The maximum absolute atomic E-state index is 11.7. The van der Waals surface area contributed by atoms with Gasteiger partial charge >= 0.3 is 0 Å². The van der Waals surface area contributed by atoms with Crippen LogP contribution in [0.2, 0.25) is 0 Å². The van der Waals surface area contributed by atoms with Gasteiger partial charge in [-0.25, -0.2) is 13.1 Å². The summed E-state index contributed by atoms with van der Waals surface area (Å²) >= 11 is 4.66. The molecule has 3 N–H and O–H groups in total. The lowest BCUT2D eigenvalue weighted by molar-refractivity contribution is 0.578. The number of nitrogens with one attached hydrogen (secondary N) is 1. The van der Waals surface area contributed by atoms with Gasteiger partial charge < -0.3 is 5.73 Å². The van der Waals surface area contributed by atoms with Gasteiger partial charge in [-0.2, -0.15) is 5.10 Å². The summed E-state index contributed by atoms with van der Waals surface area (Å²) in [5.74, 6) is 0. The second-order valence-corrected chi connectivity index (χ2v) is 6.27. The second-order valence-electron chi connectivity index (χ2n) is 3.71. The number of aromatic nitrogens is 2. The number of aryl methyl sites for hydroxylation is 1. The molecule has 0 amide bonds. The molecule has 1 rings (SSSR count). The van der Waals surface area contributed by atoms with Gasteiger partial charge in [-0.3, -0.25) is 4.68 Å². The molecule has 0 spiro atoms. The van der Waals surface area contributed by atoms with Crippen LogP contribution < -0.4 is 10.5 Å². The Bertz CT molecular complexity index is 495. The Morgan fingerprint density at radius 3 is 2.82 bits per heavy atom. The predicted octanol–water partition coefficient (Wildman–Crippen LogP) is -0.443. The molecule has 0 aromatic carbocycles. The van der Waals surface area contributed by atoms with E-state index in [-0.39, 0.29) is 11.5 Å². The van der Waals surface area contributed by atoms with E-state index in [1.165, 1.54) is 6.92 Å². The van der Waals surface area contributed by atoms with Crippen LogP contribution in [-0.2, 0) is 23.5 Å². The molecule has 96 valence electrons. The summed E-state index contributed by atoms with van der Waals surface area (Å²) in [5, 5.41) is 3.28. The normalized spacial score (nSPS) is 13.5. The Hall–Kier alpha value is -0.990. The van der Waals surface area contributed by atoms with Gasteiger partial charge in [0.15, 0.2) is 0 Å². The van der Waals surface area contributed by atoms with E-state index >= 15 is 0 Å². The highest BCUT2D eigenvalue weighted by Crippen LogP contribution is 2.00. The molecule has 0 bridgehead atoms. The van der Waals surface area contributed by atoms with Crippen molar-refractivity contribution in [3.05, 3.63) is 18.0 Å². The van der Waals surface area contributed by atoms with E-state index in [9.17, 15) is 8.42 Å². The molecule has 0 aliphatic heterocycles. The quantitative estimate of drug-likeness (QED) is 0.687. The largest absolute Gasteiger partial charge is 0.392 e. The van der Waals surface area contributed by atoms with Gasteiger partial charge in [-0.15, -0.1) is 0 Å². The molecule has 1 unspecified atom stereocenters. The highest BCUT2D eigenvalue weighted by Gasteiger charge is 2.22. The first-order valence-electron chi connectivity index (χ1n) is 5.09. The van der Waals surface area contributed by atoms with E-state index in [1.54, 1.807) is 4.68 Å². The highest BCUT2D eigenvalue weighted by molar-refractivity contribution is 7.93. The zero-order valence-corrected chi connectivity index (χ0v) is 11.4. The summed E-state index contributed by atoms with van der Waals surface area (Å²) in [7, 11) is -1.67. The maximum atomic E-state index is 11.7. The molecule has 17 heavy (non-hydrogen) atoms. The van der Waals surface area contributed by atoms with Crippen molar-refractivity contribution >= 4 is 27.2 Å². The fourth-order valence-electron chi connectivity index (χ4n) is 1.20. The predicted molar refractivity (Wildman–Crippen MR) is 70.1 cm³/mol. The zero-order valence-electron chi connectivity index (χ0n) is 9.75. The van der Waals surface area contributed by atoms with Crippen LogP contribution in [-0.4, -0.2) is 35.0 Å². The minimum Gasteiger partial charge on any atom is -0.392 e. The fraction of sp³-hybridized carbons (Fsp3) is 0.556. The van der Waals surface area contributed by atoms with Crippen LogP contribution in [0.3, 0.4) is 0 Å². The van der Waals surface area contributed by atoms with E-state index in [0.717, 1.165) is 5.69 Å². The van der Waals surface area contributed by atoms with Crippen molar-refractivity contribution < 1.29 is 8.42 Å². The van der Waals surface area contributed by atoms with Gasteiger partial charge in [0.05, 0.1) is 10.7 Å². The van der Waals surface area contributed by atoms with Gasteiger partial charge in [-0.05, 0) is 13.0 Å². The van der Waals surface area contributed by atoms with Crippen molar-refractivity contribution in [3.8, 4) is 0 Å². The van der Waals surface area contributed by atoms with Crippen LogP contribution in [0.1, 0.15) is 12.6 Å². The molecule has 0 saturated heterocycles. The lowest BCUT2D eigenvalue weighted by atomic mass is 10.3. The topological polar surface area (TPSA) is 90.0 Å². The van der Waals surface area contributed by atoms with Crippen LogP contribution in [0.15, 0.2) is 12.3 Å². The SMILES string of the molecule is CC(C(N)=S)S(=O)(=O)NCCc1ccn(C)n1. The van der Waals surface area contributed by atoms with Gasteiger partial charge in [0.25, 0.3) is 0 Å². The fourth-order valence-corrected chi connectivity index (χ4v) is 2.52. The third-order valence-corrected chi connectivity index (χ3v) is 4.61. The van der Waals surface area contributed by atoms with Crippen LogP contribution in [0.5, 0.6) is 0 Å². The number of hydrogen-bond donors (Lipinski definition) is 2. The van der Waals surface area contributed by atoms with Gasteiger partial charge in [-0.1, -0.05) is 12.2 Å². The van der Waals surface area contributed by atoms with Crippen molar-refractivity contribution in [1.82, 2.24) is 14.5 Å². The number of nitrogens with zero attached hydrogens (tertiary/aromatic N) is 2. The van der Waals surface area contributed by atoms with E-state index in [0.29, 0.717) is 6.42 Å². The van der Waals surface area contributed by atoms with Gasteiger partial charge in [0.1, 0.15) is 5.25 Å². The van der Waals surface area contributed by atoms with Gasteiger partial charge in [0, 0.05) is 26.2 Å². The molecule has 1 aromatic heterocycles. The Morgan fingerprint density at radius 2 is 2.35 bits per heavy atom. The zero-order chi connectivity index (χ0) is 13.1. The average Bonchev–Trinajstić information content (AvgIpc) is 2.62. The molecule has 1 atom stereocenters. The van der Waals surface area contributed by atoms with E-state index in [1.807, 2.05) is 19.3 Å². The van der Waals surface area contributed by atoms with Crippen LogP contribution in [0.25, 0.3) is 0 Å². The summed E-state index contributed by atoms with van der Waals surface area (Å²) in [6.07, 6.45) is 2.34. The number of thiocarbonyl (C=S) groups is 1. The number of rotatable bonds is 6. The molecule has 1 heterocycles. The van der Waals surface area contributed by atoms with Crippen LogP contribution >= 0.6 is 12.2 Å². The van der Waals surface area contributed by atoms with Crippen LogP contribution in [0.4, 0.5) is 0 Å². The maximum Gasteiger partial charge on any atom is 0.220 e. The summed E-state index contributed by atoms with van der Waals surface area (Å²) in [5.41, 5.74) is 6.14. The van der Waals surface area contributed by atoms with Crippen molar-refractivity contribution in [2.24, 2.45) is 12.8 Å². The summed E-state index contributed by atoms with van der Waals surface area (Å²) in [4.78, 5) is -0.0321. The first kappa shape index (κ1) is 14.1. The van der Waals surface area contributed by atoms with Gasteiger partial charge in [0.2, 0.25) is 10.0 Å². The molecule has 1 aromatic rings. The molecule has 0 saturated carbocycles. The summed E-state index contributed by atoms with van der Waals surface area (Å²) in [6, 6.07) is 1.84. The molecular weight excluding hydrogens is 260 g/mol. The van der Waals surface area contributed by atoms with Crippen LogP contribution in [0, 0.1) is 0 Å². The summed E-state index contributed by atoms with van der Waals surface area (Å²) in [6.45, 7) is 1.75. The summed E-state index contributed by atoms with van der Waals surface area (Å²) < 4.78 is 27.4. The molecule has 8 heteroatoms. The van der Waals surface area contributed by atoms with Crippen molar-refractivity contribution in [3.63, 3.8) is 0 Å². The Balaban J connectivity index is 2.48. The average molecular weight is 276 g/mol. The Kier molecular flexibility index (Phi) is 4.61. The lowest BCUT2D eigenvalue weighted by Gasteiger charge is -2.11. The Morgan fingerprint density at radius 1 is 1.71 bits per heavy atom. The minimum absolute atomic E-state index is 0.0321. The third-order valence-electron chi connectivity index (χ3n) is 2.32. The van der Waals surface area contributed by atoms with E-state index < -0.39 is 15.3 Å². The molecular formula is C9H16N4O2S2. The molecule has 0 fully saturated rings. The molecule has 0 aliphatic carbocycles. The molecule has 0 radical (unpaired) electrons. The standard InChI is InChI=1S/C9H16N4O2S2/c1-7(9(10)16)17(14,15)11-5-3-8-4-6-13(2)12-8/h4,6-7,11H,3,5H2,1-2H3,(H2,10,16). The van der Waals surface area contributed by atoms with E-state index in [4.69, 9.17) is 5.73 Å². The monoisotopic (exact) mass is 276 g/mol. The lowest BCUT2D eigenvalue weighted by Crippen LogP contribution is -2.40. The Labute approximate surface area is 106 Å². The van der Waals surface area contributed by atoms with Crippen molar-refractivity contribution in [1.29, 1.82) is 0 Å². The molecule has 6 nitrogen and oxygen atoms in total. The van der Waals surface area contributed by atoms with E-state index in [2.05, 4.69) is 22.0 Å². The number of sulfonamides is 1. The van der Waals surface area contributed by atoms with Crippen molar-refractivity contribution in [2.45, 2.75) is 18.6 Å². The third kappa shape index (κ3) is 4.06. The van der Waals surface area contributed by atoms with Crippen molar-refractivity contribution in [2.75, 3.05) is 6.54 Å². The minimum atomic E-state index is -3.47. The highest BCUT2D eigenvalue weighted by atomic mass is 32.2. The first-order valence-corrected chi connectivity index (χ1v) is 7.04. The smallest absolute Gasteiger partial charge is 0.220 e. The molecule has 0 aliphatic rings.